The van der Waals surface area contributed by atoms with Crippen LogP contribution in [-0.2, 0) is 14.9 Å². The Morgan fingerprint density at radius 3 is 2.88 bits per heavy atom. The average molecular weight is 366 g/mol. The highest BCUT2D eigenvalue weighted by Gasteiger charge is 2.49. The molecule has 3 rings (SSSR count). The second kappa shape index (κ2) is 5.77. The molecule has 2 aromatic heterocycles. The Balaban J connectivity index is 2.05. The van der Waals surface area contributed by atoms with Crippen molar-refractivity contribution in [2.45, 2.75) is 18.5 Å². The lowest BCUT2D eigenvalue weighted by Gasteiger charge is -2.34. The Morgan fingerprint density at radius 2 is 2.21 bits per heavy atom. The van der Waals surface area contributed by atoms with E-state index in [2.05, 4.69) is 19.4 Å². The standard InChI is InChI=1S/C12H13F3N4O4S/c1-7-6-22-3-2-19(7)10-4-9(11-8(17-10)5-16-18-11)23-24(20,21)12(13,14)15/h4-5,7H,2-3,6H2,1H3,(H,16,18). The van der Waals surface area contributed by atoms with Gasteiger partial charge in [-0.05, 0) is 6.92 Å². The summed E-state index contributed by atoms with van der Waals surface area (Å²) in [5.74, 6) is -0.226. The maximum absolute atomic E-state index is 12.6. The molecule has 8 nitrogen and oxygen atoms in total. The van der Waals surface area contributed by atoms with Crippen molar-refractivity contribution in [3.05, 3.63) is 12.3 Å². The normalized spacial score (nSPS) is 19.7. The van der Waals surface area contributed by atoms with E-state index in [0.29, 0.717) is 19.8 Å². The number of H-pyrrole nitrogens is 1. The van der Waals surface area contributed by atoms with Gasteiger partial charge in [0.1, 0.15) is 16.9 Å². The molecular weight excluding hydrogens is 353 g/mol. The van der Waals surface area contributed by atoms with E-state index in [9.17, 15) is 21.6 Å². The first-order chi connectivity index (χ1) is 11.2. The monoisotopic (exact) mass is 366 g/mol. The van der Waals surface area contributed by atoms with Gasteiger partial charge in [0.25, 0.3) is 0 Å². The summed E-state index contributed by atoms with van der Waals surface area (Å²) in [4.78, 5) is 6.08. The molecule has 1 unspecified atom stereocenters. The molecular formula is C12H13F3N4O4S. The van der Waals surface area contributed by atoms with Gasteiger partial charge in [-0.1, -0.05) is 0 Å². The van der Waals surface area contributed by atoms with Crippen molar-refractivity contribution in [2.75, 3.05) is 24.7 Å². The first-order valence-corrected chi connectivity index (χ1v) is 8.29. The lowest BCUT2D eigenvalue weighted by atomic mass is 10.2. The fourth-order valence-electron chi connectivity index (χ4n) is 2.34. The predicted molar refractivity (Wildman–Crippen MR) is 77.1 cm³/mol. The van der Waals surface area contributed by atoms with Gasteiger partial charge in [-0.25, -0.2) is 4.98 Å². The number of ether oxygens (including phenoxy) is 1. The second-order valence-corrected chi connectivity index (χ2v) is 6.75. The van der Waals surface area contributed by atoms with Crippen LogP contribution in [0.4, 0.5) is 19.0 Å². The predicted octanol–water partition coefficient (Wildman–Crippen LogP) is 1.41. The smallest absolute Gasteiger partial charge is 0.377 e. The highest BCUT2D eigenvalue weighted by molar-refractivity contribution is 7.88. The Bertz CT molecular complexity index is 852. The Kier molecular flexibility index (Phi) is 4.03. The molecule has 1 N–H and O–H groups in total. The molecule has 1 saturated heterocycles. The maximum atomic E-state index is 12.6. The van der Waals surface area contributed by atoms with Crippen molar-refractivity contribution in [1.29, 1.82) is 0 Å². The van der Waals surface area contributed by atoms with Crippen LogP contribution in [0.25, 0.3) is 11.0 Å². The van der Waals surface area contributed by atoms with Crippen molar-refractivity contribution in [3.63, 3.8) is 0 Å². The van der Waals surface area contributed by atoms with Crippen LogP contribution in [0.5, 0.6) is 5.75 Å². The second-order valence-electron chi connectivity index (χ2n) is 5.21. The molecule has 0 saturated carbocycles. The summed E-state index contributed by atoms with van der Waals surface area (Å²) in [6, 6.07) is 1.06. The van der Waals surface area contributed by atoms with Crippen LogP contribution in [0, 0.1) is 0 Å². The van der Waals surface area contributed by atoms with Gasteiger partial charge in [-0.3, -0.25) is 5.10 Å². The van der Waals surface area contributed by atoms with Crippen molar-refractivity contribution < 1.29 is 30.5 Å². The number of anilines is 1. The number of aromatic nitrogens is 3. The molecule has 0 bridgehead atoms. The molecule has 1 aliphatic heterocycles. The summed E-state index contributed by atoms with van der Waals surface area (Å²) in [6.07, 6.45) is 1.27. The van der Waals surface area contributed by atoms with Gasteiger partial charge >= 0.3 is 15.6 Å². The minimum absolute atomic E-state index is 0.0347. The highest BCUT2D eigenvalue weighted by atomic mass is 32.2. The number of aromatic amines is 1. The molecule has 1 atom stereocenters. The fraction of sp³-hybridized carbons (Fsp3) is 0.500. The van der Waals surface area contributed by atoms with E-state index in [4.69, 9.17) is 4.74 Å². The van der Waals surface area contributed by atoms with E-state index in [1.54, 1.807) is 4.90 Å². The number of nitrogens with one attached hydrogen (secondary N) is 1. The minimum Gasteiger partial charge on any atom is -0.377 e. The van der Waals surface area contributed by atoms with Gasteiger partial charge in [0.2, 0.25) is 0 Å². The number of hydrogen-bond donors (Lipinski definition) is 1. The van der Waals surface area contributed by atoms with Crippen LogP contribution in [0.15, 0.2) is 12.3 Å². The topological polar surface area (TPSA) is 97.4 Å². The Hall–Kier alpha value is -2.08. The zero-order valence-electron chi connectivity index (χ0n) is 12.4. The molecule has 0 radical (unpaired) electrons. The molecule has 0 aromatic carbocycles. The number of halogens is 3. The molecule has 3 heterocycles. The number of hydrogen-bond acceptors (Lipinski definition) is 7. The maximum Gasteiger partial charge on any atom is 0.534 e. The molecule has 0 aliphatic carbocycles. The van der Waals surface area contributed by atoms with Gasteiger partial charge < -0.3 is 13.8 Å². The van der Waals surface area contributed by atoms with Crippen molar-refractivity contribution >= 4 is 27.0 Å². The minimum atomic E-state index is -5.80. The SMILES string of the molecule is CC1COCCN1c1cc(OS(=O)(=O)C(F)(F)F)c2[nH]ncc2n1. The molecule has 132 valence electrons. The highest BCUT2D eigenvalue weighted by Crippen LogP contribution is 2.33. The van der Waals surface area contributed by atoms with Crippen LogP contribution >= 0.6 is 0 Å². The van der Waals surface area contributed by atoms with Gasteiger partial charge in [0.05, 0.1) is 25.5 Å². The van der Waals surface area contributed by atoms with E-state index in [-0.39, 0.29) is 22.9 Å². The fourth-order valence-corrected chi connectivity index (χ4v) is 2.80. The lowest BCUT2D eigenvalue weighted by molar-refractivity contribution is -0.0499. The molecule has 12 heteroatoms. The number of nitrogens with zero attached hydrogens (tertiary/aromatic N) is 3. The van der Waals surface area contributed by atoms with Gasteiger partial charge in [-0.2, -0.15) is 26.7 Å². The largest absolute Gasteiger partial charge is 0.534 e. The van der Waals surface area contributed by atoms with E-state index in [0.717, 1.165) is 6.07 Å². The first kappa shape index (κ1) is 16.8. The van der Waals surface area contributed by atoms with E-state index >= 15 is 0 Å². The lowest BCUT2D eigenvalue weighted by Crippen LogP contribution is -2.44. The van der Waals surface area contributed by atoms with E-state index in [1.165, 1.54) is 6.20 Å². The summed E-state index contributed by atoms with van der Waals surface area (Å²) in [5, 5.41) is 6.06. The quantitative estimate of drug-likeness (QED) is 0.648. The zero-order valence-corrected chi connectivity index (χ0v) is 13.2. The van der Waals surface area contributed by atoms with Crippen molar-refractivity contribution in [3.8, 4) is 5.75 Å². The average Bonchev–Trinajstić information content (AvgIpc) is 2.94. The third-order valence-corrected chi connectivity index (χ3v) is 4.47. The molecule has 0 amide bonds. The van der Waals surface area contributed by atoms with Gasteiger partial charge in [0, 0.05) is 12.6 Å². The third-order valence-electron chi connectivity index (χ3n) is 3.51. The first-order valence-electron chi connectivity index (χ1n) is 6.88. The van der Waals surface area contributed by atoms with Crippen LogP contribution in [-0.4, -0.2) is 54.9 Å². The number of fused-ring (bicyclic) bond motifs is 1. The summed E-state index contributed by atoms with van der Waals surface area (Å²) >= 11 is 0. The number of alkyl halides is 3. The number of rotatable bonds is 3. The van der Waals surface area contributed by atoms with Crippen LogP contribution in [0.1, 0.15) is 6.92 Å². The Morgan fingerprint density at radius 1 is 1.46 bits per heavy atom. The van der Waals surface area contributed by atoms with Gasteiger partial charge in [0.15, 0.2) is 5.75 Å². The third kappa shape index (κ3) is 2.98. The molecule has 1 aliphatic rings. The molecule has 0 spiro atoms. The summed E-state index contributed by atoms with van der Waals surface area (Å²) in [7, 11) is -5.80. The van der Waals surface area contributed by atoms with E-state index in [1.807, 2.05) is 6.92 Å². The molecule has 2 aromatic rings. The van der Waals surface area contributed by atoms with E-state index < -0.39 is 21.4 Å². The molecule has 1 fully saturated rings. The summed E-state index contributed by atoms with van der Waals surface area (Å²) < 4.78 is 69.9. The summed E-state index contributed by atoms with van der Waals surface area (Å²) in [6.45, 7) is 3.16. The van der Waals surface area contributed by atoms with Crippen molar-refractivity contribution in [1.82, 2.24) is 15.2 Å². The molecule has 24 heavy (non-hydrogen) atoms. The number of pyridine rings is 1. The van der Waals surface area contributed by atoms with Crippen molar-refractivity contribution in [2.24, 2.45) is 0 Å². The summed E-state index contributed by atoms with van der Waals surface area (Å²) in [5.41, 5.74) is -5.37. The van der Waals surface area contributed by atoms with Crippen LogP contribution < -0.4 is 9.08 Å². The van der Waals surface area contributed by atoms with Gasteiger partial charge in [-0.15, -0.1) is 0 Å². The van der Waals surface area contributed by atoms with Crippen LogP contribution in [0.3, 0.4) is 0 Å². The van der Waals surface area contributed by atoms with Crippen LogP contribution in [0.2, 0.25) is 0 Å². The zero-order chi connectivity index (χ0) is 17.5. The Labute approximate surface area is 134 Å². The number of morpholine rings is 1.